The number of amides is 2. The van der Waals surface area contributed by atoms with Crippen molar-refractivity contribution in [2.75, 3.05) is 27.2 Å². The summed E-state index contributed by atoms with van der Waals surface area (Å²) >= 11 is 0. The van der Waals surface area contributed by atoms with Gasteiger partial charge < -0.3 is 21.3 Å². The summed E-state index contributed by atoms with van der Waals surface area (Å²) in [7, 11) is 3.64. The summed E-state index contributed by atoms with van der Waals surface area (Å²) in [5, 5.41) is 11.5. The van der Waals surface area contributed by atoms with Gasteiger partial charge >= 0.3 is 0 Å². The Bertz CT molecular complexity index is 296. The maximum absolute atomic E-state index is 11.1. The van der Waals surface area contributed by atoms with Crippen LogP contribution in [0.4, 0.5) is 0 Å². The molecule has 6 heteroatoms. The molecule has 2 rings (SSSR count). The van der Waals surface area contributed by atoms with E-state index in [1.54, 1.807) is 0 Å². The van der Waals surface area contributed by atoms with E-state index in [1.165, 1.54) is 0 Å². The fourth-order valence-corrected chi connectivity index (χ4v) is 2.26. The van der Waals surface area contributed by atoms with Gasteiger partial charge in [0, 0.05) is 13.1 Å². The fourth-order valence-electron chi connectivity index (χ4n) is 2.26. The van der Waals surface area contributed by atoms with Crippen LogP contribution in [0.5, 0.6) is 0 Å². The molecule has 2 heterocycles. The first-order valence-corrected chi connectivity index (χ1v) is 7.09. The van der Waals surface area contributed by atoms with Gasteiger partial charge in [-0.25, -0.2) is 0 Å². The minimum absolute atomic E-state index is 0.0440. The van der Waals surface area contributed by atoms with Crippen molar-refractivity contribution in [2.24, 2.45) is 0 Å². The molecule has 2 aliphatic rings. The largest absolute Gasteiger partial charge is 0.355 e. The van der Waals surface area contributed by atoms with Gasteiger partial charge in [0.2, 0.25) is 11.8 Å². The van der Waals surface area contributed by atoms with Gasteiger partial charge in [0.15, 0.2) is 0 Å². The zero-order valence-electron chi connectivity index (χ0n) is 11.9. The molecule has 2 saturated heterocycles. The molecule has 2 unspecified atom stereocenters. The molecule has 6 nitrogen and oxygen atoms in total. The van der Waals surface area contributed by atoms with Crippen LogP contribution < -0.4 is 21.3 Å². The zero-order valence-corrected chi connectivity index (χ0v) is 11.9. The molecule has 0 bridgehead atoms. The predicted octanol–water partition coefficient (Wildman–Crippen LogP) is -0.641. The Morgan fingerprint density at radius 2 is 1.32 bits per heavy atom. The monoisotopic (exact) mass is 270 g/mol. The van der Waals surface area contributed by atoms with E-state index in [0.717, 1.165) is 45.2 Å². The summed E-state index contributed by atoms with van der Waals surface area (Å²) in [5.41, 5.74) is 0. The Labute approximate surface area is 115 Å². The Balaban J connectivity index is 0.000000191. The fraction of sp³-hybridized carbons (Fsp3) is 0.846. The van der Waals surface area contributed by atoms with Crippen molar-refractivity contribution in [1.82, 2.24) is 21.3 Å². The Kier molecular flexibility index (Phi) is 7.43. The molecule has 4 N–H and O–H groups in total. The van der Waals surface area contributed by atoms with E-state index in [1.807, 2.05) is 14.1 Å². The standard InChI is InChI=1S/C7H14N2O.C6H12N2O/c1-8-6-4-2-3-5-9-7(6)10;1-7-5-3-2-4-8-6(5)9/h6,8H,2-5H2,1H3,(H,9,10);5,7H,2-4H2,1H3,(H,8,9). The highest BCUT2D eigenvalue weighted by atomic mass is 16.2. The highest BCUT2D eigenvalue weighted by molar-refractivity contribution is 5.82. The van der Waals surface area contributed by atoms with Crippen molar-refractivity contribution in [3.05, 3.63) is 0 Å². The van der Waals surface area contributed by atoms with Gasteiger partial charge in [-0.2, -0.15) is 0 Å². The third-order valence-electron chi connectivity index (χ3n) is 3.52. The van der Waals surface area contributed by atoms with Crippen LogP contribution in [0.2, 0.25) is 0 Å². The molecule has 2 aliphatic heterocycles. The molecule has 0 aliphatic carbocycles. The first kappa shape index (κ1) is 15.9. The molecule has 0 radical (unpaired) electrons. The molecule has 0 aromatic rings. The number of hydrogen-bond acceptors (Lipinski definition) is 4. The van der Waals surface area contributed by atoms with Crippen LogP contribution in [-0.4, -0.2) is 51.1 Å². The van der Waals surface area contributed by atoms with Gasteiger partial charge in [0.1, 0.15) is 0 Å². The SMILES string of the molecule is CNC1CCCCNC1=O.CNC1CCCNC1=O. The normalized spacial score (nSPS) is 27.5. The number of carbonyl (C=O) groups is 2. The first-order chi connectivity index (χ1) is 9.19. The van der Waals surface area contributed by atoms with Crippen LogP contribution in [-0.2, 0) is 9.59 Å². The number of rotatable bonds is 2. The molecule has 0 aromatic carbocycles. The second-order valence-corrected chi connectivity index (χ2v) is 4.90. The third kappa shape index (κ3) is 5.57. The third-order valence-corrected chi connectivity index (χ3v) is 3.52. The number of piperidine rings is 1. The summed E-state index contributed by atoms with van der Waals surface area (Å²) in [6.07, 6.45) is 5.30. The molecular weight excluding hydrogens is 244 g/mol. The number of nitrogens with one attached hydrogen (secondary N) is 4. The minimum atomic E-state index is 0.0440. The van der Waals surface area contributed by atoms with E-state index in [-0.39, 0.29) is 23.9 Å². The van der Waals surface area contributed by atoms with Crippen molar-refractivity contribution < 1.29 is 9.59 Å². The predicted molar refractivity (Wildman–Crippen MR) is 74.8 cm³/mol. The number of carbonyl (C=O) groups excluding carboxylic acids is 2. The van der Waals surface area contributed by atoms with E-state index in [9.17, 15) is 9.59 Å². The highest BCUT2D eigenvalue weighted by Crippen LogP contribution is 2.03. The smallest absolute Gasteiger partial charge is 0.237 e. The van der Waals surface area contributed by atoms with Crippen LogP contribution in [0.25, 0.3) is 0 Å². The van der Waals surface area contributed by atoms with Gasteiger partial charge in [0.05, 0.1) is 12.1 Å². The molecule has 0 aromatic heterocycles. The van der Waals surface area contributed by atoms with E-state index in [0.29, 0.717) is 0 Å². The topological polar surface area (TPSA) is 82.3 Å². The lowest BCUT2D eigenvalue weighted by Gasteiger charge is -2.20. The zero-order chi connectivity index (χ0) is 14.1. The molecule has 0 spiro atoms. The Hall–Kier alpha value is -1.14. The van der Waals surface area contributed by atoms with Gasteiger partial charge in [-0.15, -0.1) is 0 Å². The summed E-state index contributed by atoms with van der Waals surface area (Å²) in [6, 6.07) is 0.0984. The van der Waals surface area contributed by atoms with E-state index < -0.39 is 0 Å². The van der Waals surface area contributed by atoms with Gasteiger partial charge in [-0.3, -0.25) is 9.59 Å². The second-order valence-electron chi connectivity index (χ2n) is 4.90. The van der Waals surface area contributed by atoms with Crippen LogP contribution in [0, 0.1) is 0 Å². The van der Waals surface area contributed by atoms with E-state index in [2.05, 4.69) is 21.3 Å². The maximum Gasteiger partial charge on any atom is 0.237 e. The van der Waals surface area contributed by atoms with Crippen molar-refractivity contribution >= 4 is 11.8 Å². The number of likely N-dealkylation sites (N-methyl/N-ethyl adjacent to an activating group) is 2. The van der Waals surface area contributed by atoms with E-state index >= 15 is 0 Å². The van der Waals surface area contributed by atoms with Gasteiger partial charge in [0.25, 0.3) is 0 Å². The maximum atomic E-state index is 11.1. The summed E-state index contributed by atoms with van der Waals surface area (Å²) in [6.45, 7) is 1.69. The van der Waals surface area contributed by atoms with Crippen LogP contribution in [0.1, 0.15) is 32.1 Å². The van der Waals surface area contributed by atoms with Gasteiger partial charge in [-0.05, 0) is 46.2 Å². The quantitative estimate of drug-likeness (QED) is 0.538. The van der Waals surface area contributed by atoms with Crippen molar-refractivity contribution in [1.29, 1.82) is 0 Å². The molecule has 2 amide bonds. The van der Waals surface area contributed by atoms with Crippen molar-refractivity contribution in [2.45, 2.75) is 44.2 Å². The van der Waals surface area contributed by atoms with Crippen molar-refractivity contribution in [3.63, 3.8) is 0 Å². The molecule has 19 heavy (non-hydrogen) atoms. The summed E-state index contributed by atoms with van der Waals surface area (Å²) < 4.78 is 0. The summed E-state index contributed by atoms with van der Waals surface area (Å²) in [5.74, 6) is 0.295. The Morgan fingerprint density at radius 3 is 1.84 bits per heavy atom. The lowest BCUT2D eigenvalue weighted by Crippen LogP contribution is -2.46. The summed E-state index contributed by atoms with van der Waals surface area (Å²) in [4.78, 5) is 21.9. The van der Waals surface area contributed by atoms with Crippen LogP contribution in [0.15, 0.2) is 0 Å². The average Bonchev–Trinajstić information content (AvgIpc) is 2.64. The van der Waals surface area contributed by atoms with Crippen molar-refractivity contribution in [3.8, 4) is 0 Å². The van der Waals surface area contributed by atoms with Gasteiger partial charge in [-0.1, -0.05) is 0 Å². The molecular formula is C13H26N4O2. The second kappa shape index (κ2) is 8.87. The highest BCUT2D eigenvalue weighted by Gasteiger charge is 2.19. The van der Waals surface area contributed by atoms with E-state index in [4.69, 9.17) is 0 Å². The minimum Gasteiger partial charge on any atom is -0.355 e. The lowest BCUT2D eigenvalue weighted by atomic mass is 10.1. The molecule has 2 atom stereocenters. The van der Waals surface area contributed by atoms with Crippen LogP contribution in [0.3, 0.4) is 0 Å². The number of hydrogen-bond donors (Lipinski definition) is 4. The Morgan fingerprint density at radius 1 is 0.842 bits per heavy atom. The molecule has 0 saturated carbocycles. The molecule has 2 fully saturated rings. The molecule has 110 valence electrons. The van der Waals surface area contributed by atoms with Crippen LogP contribution >= 0.6 is 0 Å². The lowest BCUT2D eigenvalue weighted by molar-refractivity contribution is -0.124. The average molecular weight is 270 g/mol. The first-order valence-electron chi connectivity index (χ1n) is 7.09.